The average Bonchev–Trinajstić information content (AvgIpc) is 3.17. The third-order valence-corrected chi connectivity index (χ3v) is 4.26. The van der Waals surface area contributed by atoms with E-state index in [1.165, 1.54) is 18.2 Å². The first-order valence-electron chi connectivity index (χ1n) is 8.77. The van der Waals surface area contributed by atoms with Crippen molar-refractivity contribution in [2.45, 2.75) is 25.8 Å². The highest BCUT2D eigenvalue weighted by atomic mass is 19.2. The number of hydrogen-bond donors (Lipinski definition) is 3. The maximum Gasteiger partial charge on any atom is 0.250 e. The Kier molecular flexibility index (Phi) is 5.96. The summed E-state index contributed by atoms with van der Waals surface area (Å²) >= 11 is 0. The summed E-state index contributed by atoms with van der Waals surface area (Å²) in [5, 5.41) is 10.3. The number of nitrogens with zero attached hydrogens (tertiary/aromatic N) is 2. The fourth-order valence-electron chi connectivity index (χ4n) is 2.66. The topological polar surface area (TPSA) is 103 Å². The van der Waals surface area contributed by atoms with Gasteiger partial charge in [0.05, 0.1) is 23.0 Å². The van der Waals surface area contributed by atoms with Crippen molar-refractivity contribution in [1.82, 2.24) is 10.2 Å². The number of aromatic nitrogens is 2. The van der Waals surface area contributed by atoms with Crippen molar-refractivity contribution in [3.63, 3.8) is 0 Å². The largest absolute Gasteiger partial charge is 0.419 e. The Balaban J connectivity index is 2.01. The van der Waals surface area contributed by atoms with Crippen LogP contribution in [0.1, 0.15) is 30.8 Å². The van der Waals surface area contributed by atoms with Crippen LogP contribution in [0.2, 0.25) is 0 Å². The summed E-state index contributed by atoms with van der Waals surface area (Å²) < 4.78 is 48.2. The van der Waals surface area contributed by atoms with Gasteiger partial charge in [-0.2, -0.15) is 0 Å². The lowest BCUT2D eigenvalue weighted by molar-refractivity contribution is 0.446. The lowest BCUT2D eigenvalue weighted by Gasteiger charge is -2.13. The molecule has 0 amide bonds. The molecule has 2 aromatic carbocycles. The number of benzene rings is 2. The molecule has 0 aliphatic carbocycles. The minimum atomic E-state index is -1.19. The van der Waals surface area contributed by atoms with Crippen molar-refractivity contribution >= 4 is 11.4 Å². The number of halogens is 3. The van der Waals surface area contributed by atoms with E-state index in [1.807, 2.05) is 6.92 Å². The minimum absolute atomic E-state index is 0.0116. The van der Waals surface area contributed by atoms with Gasteiger partial charge < -0.3 is 21.2 Å². The van der Waals surface area contributed by atoms with Crippen LogP contribution in [0.25, 0.3) is 11.5 Å². The Morgan fingerprint density at radius 2 is 1.89 bits per heavy atom. The molecule has 0 fully saturated rings. The Labute approximate surface area is 159 Å². The molecule has 0 radical (unpaired) electrons. The zero-order valence-electron chi connectivity index (χ0n) is 15.2. The zero-order valence-corrected chi connectivity index (χ0v) is 15.2. The number of hydrogen-bond acceptors (Lipinski definition) is 6. The van der Waals surface area contributed by atoms with Crippen LogP contribution in [0.15, 0.2) is 34.7 Å². The van der Waals surface area contributed by atoms with Gasteiger partial charge in [0.1, 0.15) is 5.82 Å². The van der Waals surface area contributed by atoms with Crippen LogP contribution in [0.5, 0.6) is 0 Å². The molecule has 3 rings (SSSR count). The van der Waals surface area contributed by atoms with Gasteiger partial charge in [-0.05, 0) is 49.2 Å². The van der Waals surface area contributed by atoms with Crippen LogP contribution in [0.4, 0.5) is 24.5 Å². The molecule has 0 aliphatic heterocycles. The van der Waals surface area contributed by atoms with Gasteiger partial charge in [0.2, 0.25) is 11.8 Å². The molecule has 28 heavy (non-hydrogen) atoms. The van der Waals surface area contributed by atoms with Gasteiger partial charge in [-0.3, -0.25) is 0 Å². The third-order valence-electron chi connectivity index (χ3n) is 4.26. The maximum atomic E-state index is 14.5. The van der Waals surface area contributed by atoms with Crippen LogP contribution in [-0.4, -0.2) is 16.7 Å². The van der Waals surface area contributed by atoms with E-state index in [-0.39, 0.29) is 28.7 Å². The normalized spacial score (nSPS) is 12.2. The van der Waals surface area contributed by atoms with Gasteiger partial charge in [0, 0.05) is 0 Å². The van der Waals surface area contributed by atoms with Crippen LogP contribution < -0.4 is 16.8 Å². The van der Waals surface area contributed by atoms with Gasteiger partial charge in [-0.25, -0.2) is 13.2 Å². The molecule has 1 unspecified atom stereocenters. The summed E-state index contributed by atoms with van der Waals surface area (Å²) in [5.74, 6) is -2.84. The second-order valence-electron chi connectivity index (χ2n) is 6.21. The highest BCUT2D eigenvalue weighted by Gasteiger charge is 2.22. The van der Waals surface area contributed by atoms with Crippen LogP contribution in [-0.2, 0) is 6.42 Å². The lowest BCUT2D eigenvalue weighted by Crippen LogP contribution is -2.15. The summed E-state index contributed by atoms with van der Waals surface area (Å²) in [5.41, 5.74) is 11.9. The highest BCUT2D eigenvalue weighted by molar-refractivity contribution is 5.77. The van der Waals surface area contributed by atoms with E-state index in [4.69, 9.17) is 15.9 Å². The summed E-state index contributed by atoms with van der Waals surface area (Å²) in [6, 6.07) is 6.10. The van der Waals surface area contributed by atoms with Gasteiger partial charge in [-0.1, -0.05) is 13.0 Å². The maximum absolute atomic E-state index is 14.5. The molecule has 3 aromatic rings. The van der Waals surface area contributed by atoms with Gasteiger partial charge in [-0.15, -0.1) is 10.2 Å². The standard InChI is InChI=1S/C19H20F3N5O/c1-2-10-3-6-15(13(21)9-10)25-17-11(4-5-12(20)16(17)22)18-26-27-19(28-18)14(24)7-8-23/h3-6,9,14,25H,2,7-8,23-24H2,1H3. The highest BCUT2D eigenvalue weighted by Crippen LogP contribution is 2.34. The van der Waals surface area contributed by atoms with Crippen LogP contribution in [0, 0.1) is 17.5 Å². The lowest BCUT2D eigenvalue weighted by atomic mass is 10.1. The molecule has 6 nitrogen and oxygen atoms in total. The van der Waals surface area contributed by atoms with Crippen LogP contribution >= 0.6 is 0 Å². The summed E-state index contributed by atoms with van der Waals surface area (Å²) in [7, 11) is 0. The van der Waals surface area contributed by atoms with E-state index in [2.05, 4.69) is 15.5 Å². The molecule has 148 valence electrons. The minimum Gasteiger partial charge on any atom is -0.419 e. The monoisotopic (exact) mass is 391 g/mol. The molecular formula is C19H20F3N5O. The number of nitrogens with two attached hydrogens (primary N) is 2. The zero-order chi connectivity index (χ0) is 20.3. The van der Waals surface area contributed by atoms with Crippen molar-refractivity contribution in [2.75, 3.05) is 11.9 Å². The van der Waals surface area contributed by atoms with Crippen molar-refractivity contribution in [3.8, 4) is 11.5 Å². The molecule has 0 aliphatic rings. The average molecular weight is 391 g/mol. The van der Waals surface area contributed by atoms with Gasteiger partial charge in [0.25, 0.3) is 0 Å². The van der Waals surface area contributed by atoms with E-state index in [9.17, 15) is 13.2 Å². The van der Waals surface area contributed by atoms with Gasteiger partial charge in [0.15, 0.2) is 11.6 Å². The Morgan fingerprint density at radius 1 is 1.11 bits per heavy atom. The Bertz CT molecular complexity index is 976. The molecule has 9 heteroatoms. The third kappa shape index (κ3) is 4.00. The van der Waals surface area contributed by atoms with Gasteiger partial charge >= 0.3 is 0 Å². The Hall–Kier alpha value is -2.91. The smallest absolute Gasteiger partial charge is 0.250 e. The summed E-state index contributed by atoms with van der Waals surface area (Å²) in [4.78, 5) is 0. The molecular weight excluding hydrogens is 371 g/mol. The van der Waals surface area contributed by atoms with Crippen LogP contribution in [0.3, 0.4) is 0 Å². The molecule has 0 bridgehead atoms. The molecule has 0 saturated carbocycles. The first-order chi connectivity index (χ1) is 13.4. The number of aryl methyl sites for hydroxylation is 1. The van der Waals surface area contributed by atoms with E-state index in [0.29, 0.717) is 19.4 Å². The molecule has 1 atom stereocenters. The SMILES string of the molecule is CCc1ccc(Nc2c(-c3nnc(C(N)CCN)o3)ccc(F)c2F)c(F)c1. The molecule has 0 saturated heterocycles. The number of anilines is 2. The second kappa shape index (κ2) is 8.41. The first-order valence-corrected chi connectivity index (χ1v) is 8.77. The number of rotatable bonds is 7. The summed E-state index contributed by atoms with van der Waals surface area (Å²) in [6.45, 7) is 2.21. The van der Waals surface area contributed by atoms with Crippen molar-refractivity contribution in [2.24, 2.45) is 11.5 Å². The van der Waals surface area contributed by atoms with Crippen molar-refractivity contribution in [3.05, 3.63) is 59.2 Å². The Morgan fingerprint density at radius 3 is 2.57 bits per heavy atom. The van der Waals surface area contributed by atoms with E-state index >= 15 is 0 Å². The van der Waals surface area contributed by atoms with Crippen molar-refractivity contribution < 1.29 is 17.6 Å². The number of nitrogens with one attached hydrogen (secondary N) is 1. The van der Waals surface area contributed by atoms with E-state index < -0.39 is 23.5 Å². The molecule has 1 aromatic heterocycles. The van der Waals surface area contributed by atoms with E-state index in [1.54, 1.807) is 6.07 Å². The fraction of sp³-hybridized carbons (Fsp3) is 0.263. The predicted octanol–water partition coefficient (Wildman–Crippen LogP) is 3.81. The molecule has 0 spiro atoms. The molecule has 5 N–H and O–H groups in total. The second-order valence-corrected chi connectivity index (χ2v) is 6.21. The fourth-order valence-corrected chi connectivity index (χ4v) is 2.66. The predicted molar refractivity (Wildman–Crippen MR) is 99.3 cm³/mol. The molecule has 1 heterocycles. The summed E-state index contributed by atoms with van der Waals surface area (Å²) in [6.07, 6.45) is 1.06. The first kappa shape index (κ1) is 19.8. The van der Waals surface area contributed by atoms with Crippen molar-refractivity contribution in [1.29, 1.82) is 0 Å². The van der Waals surface area contributed by atoms with E-state index in [0.717, 1.165) is 11.6 Å². The quantitative estimate of drug-likeness (QED) is 0.566.